The minimum atomic E-state index is 0.358. The summed E-state index contributed by atoms with van der Waals surface area (Å²) in [6, 6.07) is 0. The summed E-state index contributed by atoms with van der Waals surface area (Å²) in [7, 11) is 0. The molecule has 1 aliphatic rings. The van der Waals surface area contributed by atoms with E-state index >= 15 is 0 Å². The van der Waals surface area contributed by atoms with Crippen LogP contribution in [0.2, 0.25) is 0 Å². The van der Waals surface area contributed by atoms with Crippen molar-refractivity contribution in [2.24, 2.45) is 17.6 Å². The Morgan fingerprint density at radius 1 is 1.18 bits per heavy atom. The highest BCUT2D eigenvalue weighted by molar-refractivity contribution is 4.71. The van der Waals surface area contributed by atoms with E-state index in [1.807, 2.05) is 0 Å². The largest absolute Gasteiger partial charge is 0.396 e. The van der Waals surface area contributed by atoms with Gasteiger partial charge in [0.15, 0.2) is 0 Å². The third-order valence-corrected chi connectivity index (χ3v) is 2.73. The quantitative estimate of drug-likeness (QED) is 0.590. The van der Waals surface area contributed by atoms with Gasteiger partial charge in [-0.25, -0.2) is 0 Å². The van der Waals surface area contributed by atoms with E-state index in [0.29, 0.717) is 18.4 Å². The van der Waals surface area contributed by atoms with E-state index in [0.717, 1.165) is 13.0 Å². The maximum absolute atomic E-state index is 8.99. The van der Waals surface area contributed by atoms with Crippen molar-refractivity contribution in [1.29, 1.82) is 0 Å². The van der Waals surface area contributed by atoms with Crippen LogP contribution in [0.25, 0.3) is 0 Å². The van der Waals surface area contributed by atoms with Gasteiger partial charge in [-0.3, -0.25) is 0 Å². The maximum atomic E-state index is 8.99. The molecule has 1 fully saturated rings. The van der Waals surface area contributed by atoms with Gasteiger partial charge in [-0.2, -0.15) is 0 Å². The first kappa shape index (κ1) is 9.01. The van der Waals surface area contributed by atoms with Gasteiger partial charge in [0, 0.05) is 6.61 Å². The minimum absolute atomic E-state index is 0.358. The zero-order valence-corrected chi connectivity index (χ0v) is 7.13. The summed E-state index contributed by atoms with van der Waals surface area (Å²) >= 11 is 0. The number of rotatable bonds is 2. The van der Waals surface area contributed by atoms with Gasteiger partial charge in [0.05, 0.1) is 0 Å². The van der Waals surface area contributed by atoms with Crippen molar-refractivity contribution in [3.8, 4) is 0 Å². The SMILES string of the molecule is NCC1CCCCC(CO)C1. The Morgan fingerprint density at radius 2 is 1.82 bits per heavy atom. The van der Waals surface area contributed by atoms with Gasteiger partial charge in [0.1, 0.15) is 0 Å². The summed E-state index contributed by atoms with van der Waals surface area (Å²) in [5, 5.41) is 8.99. The van der Waals surface area contributed by atoms with Crippen LogP contribution in [0.15, 0.2) is 0 Å². The average Bonchev–Trinajstić information content (AvgIpc) is 2.28. The van der Waals surface area contributed by atoms with Gasteiger partial charge in [-0.15, -0.1) is 0 Å². The molecule has 3 N–H and O–H groups in total. The Labute approximate surface area is 68.8 Å². The fourth-order valence-corrected chi connectivity index (χ4v) is 1.95. The number of hydrogen-bond acceptors (Lipinski definition) is 2. The molecular weight excluding hydrogens is 138 g/mol. The summed E-state index contributed by atoms with van der Waals surface area (Å²) in [4.78, 5) is 0. The van der Waals surface area contributed by atoms with Crippen molar-refractivity contribution >= 4 is 0 Å². The third-order valence-electron chi connectivity index (χ3n) is 2.73. The Balaban J connectivity index is 2.33. The van der Waals surface area contributed by atoms with Gasteiger partial charge >= 0.3 is 0 Å². The summed E-state index contributed by atoms with van der Waals surface area (Å²) < 4.78 is 0. The molecule has 1 rings (SSSR count). The molecule has 0 spiro atoms. The molecule has 0 heterocycles. The van der Waals surface area contributed by atoms with Crippen LogP contribution in [0, 0.1) is 11.8 Å². The molecule has 2 nitrogen and oxygen atoms in total. The summed E-state index contributed by atoms with van der Waals surface area (Å²) in [5.74, 6) is 1.21. The van der Waals surface area contributed by atoms with Crippen LogP contribution in [0.4, 0.5) is 0 Å². The van der Waals surface area contributed by atoms with E-state index in [-0.39, 0.29) is 0 Å². The lowest BCUT2D eigenvalue weighted by Crippen LogP contribution is -2.17. The first-order valence-electron chi connectivity index (χ1n) is 4.67. The number of nitrogens with two attached hydrogens (primary N) is 1. The van der Waals surface area contributed by atoms with E-state index in [1.165, 1.54) is 25.7 Å². The van der Waals surface area contributed by atoms with Crippen molar-refractivity contribution < 1.29 is 5.11 Å². The van der Waals surface area contributed by atoms with E-state index in [4.69, 9.17) is 10.8 Å². The molecular formula is C9H19NO. The fourth-order valence-electron chi connectivity index (χ4n) is 1.95. The first-order valence-corrected chi connectivity index (χ1v) is 4.67. The van der Waals surface area contributed by atoms with E-state index in [1.54, 1.807) is 0 Å². The van der Waals surface area contributed by atoms with Crippen molar-refractivity contribution in [3.63, 3.8) is 0 Å². The summed E-state index contributed by atoms with van der Waals surface area (Å²) in [6.45, 7) is 1.16. The predicted octanol–water partition coefficient (Wildman–Crippen LogP) is 1.13. The number of hydrogen-bond donors (Lipinski definition) is 2. The smallest absolute Gasteiger partial charge is 0.0459 e. The molecule has 66 valence electrons. The Morgan fingerprint density at radius 3 is 2.36 bits per heavy atom. The van der Waals surface area contributed by atoms with Crippen molar-refractivity contribution in [2.45, 2.75) is 32.1 Å². The molecule has 0 amide bonds. The third kappa shape index (κ3) is 2.80. The lowest BCUT2D eigenvalue weighted by atomic mass is 9.94. The van der Waals surface area contributed by atoms with Crippen LogP contribution in [0.3, 0.4) is 0 Å². The van der Waals surface area contributed by atoms with Crippen molar-refractivity contribution in [3.05, 3.63) is 0 Å². The maximum Gasteiger partial charge on any atom is 0.0459 e. The van der Waals surface area contributed by atoms with Crippen molar-refractivity contribution in [1.82, 2.24) is 0 Å². The number of aliphatic hydroxyl groups is 1. The van der Waals surface area contributed by atoms with Crippen LogP contribution in [0.1, 0.15) is 32.1 Å². The van der Waals surface area contributed by atoms with Crippen LogP contribution in [-0.4, -0.2) is 18.3 Å². The van der Waals surface area contributed by atoms with Crippen LogP contribution < -0.4 is 5.73 Å². The summed E-state index contributed by atoms with van der Waals surface area (Å²) in [5.41, 5.74) is 5.61. The standard InChI is InChI=1S/C9H19NO/c10-6-8-3-1-2-4-9(5-8)7-11/h8-9,11H,1-7,10H2. The van der Waals surface area contributed by atoms with Gasteiger partial charge in [-0.05, 0) is 37.6 Å². The Bertz CT molecular complexity index is 93.7. The molecule has 0 aliphatic heterocycles. The Kier molecular flexibility index (Phi) is 3.87. The Hall–Kier alpha value is -0.0800. The molecule has 2 unspecified atom stereocenters. The second-order valence-corrected chi connectivity index (χ2v) is 3.67. The van der Waals surface area contributed by atoms with E-state index in [2.05, 4.69) is 0 Å². The summed E-state index contributed by atoms with van der Waals surface area (Å²) in [6.07, 6.45) is 6.20. The highest BCUT2D eigenvalue weighted by atomic mass is 16.3. The second-order valence-electron chi connectivity index (χ2n) is 3.67. The molecule has 0 radical (unpaired) electrons. The van der Waals surface area contributed by atoms with Crippen molar-refractivity contribution in [2.75, 3.05) is 13.2 Å². The molecule has 0 saturated heterocycles. The molecule has 0 aromatic heterocycles. The zero-order valence-electron chi connectivity index (χ0n) is 7.13. The second kappa shape index (κ2) is 4.73. The first-order chi connectivity index (χ1) is 5.36. The van der Waals surface area contributed by atoms with Crippen LogP contribution in [0.5, 0.6) is 0 Å². The molecule has 2 heteroatoms. The van der Waals surface area contributed by atoms with E-state index in [9.17, 15) is 0 Å². The average molecular weight is 157 g/mol. The molecule has 0 bridgehead atoms. The van der Waals surface area contributed by atoms with Crippen LogP contribution in [-0.2, 0) is 0 Å². The molecule has 11 heavy (non-hydrogen) atoms. The lowest BCUT2D eigenvalue weighted by molar-refractivity contribution is 0.200. The van der Waals surface area contributed by atoms with Crippen LogP contribution >= 0.6 is 0 Å². The highest BCUT2D eigenvalue weighted by Crippen LogP contribution is 2.26. The number of aliphatic hydroxyl groups excluding tert-OH is 1. The van der Waals surface area contributed by atoms with Gasteiger partial charge in [-0.1, -0.05) is 12.8 Å². The molecule has 1 saturated carbocycles. The van der Waals surface area contributed by atoms with Gasteiger partial charge in [0.25, 0.3) is 0 Å². The molecule has 0 aromatic rings. The fraction of sp³-hybridized carbons (Fsp3) is 1.00. The molecule has 1 aliphatic carbocycles. The zero-order chi connectivity index (χ0) is 8.10. The molecule has 2 atom stereocenters. The predicted molar refractivity (Wildman–Crippen MR) is 46.2 cm³/mol. The minimum Gasteiger partial charge on any atom is -0.396 e. The molecule has 0 aromatic carbocycles. The normalized spacial score (nSPS) is 33.3. The van der Waals surface area contributed by atoms with E-state index < -0.39 is 0 Å². The van der Waals surface area contributed by atoms with Gasteiger partial charge in [0.2, 0.25) is 0 Å². The highest BCUT2D eigenvalue weighted by Gasteiger charge is 2.17. The lowest BCUT2D eigenvalue weighted by Gasteiger charge is -2.15. The topological polar surface area (TPSA) is 46.2 Å². The monoisotopic (exact) mass is 157 g/mol. The van der Waals surface area contributed by atoms with Gasteiger partial charge < -0.3 is 10.8 Å².